The molecule has 4 aromatic rings. The molecule has 200 valence electrons. The van der Waals surface area contributed by atoms with Crippen LogP contribution < -0.4 is 0 Å². The lowest BCUT2D eigenvalue weighted by atomic mass is 9.79. The second-order valence-corrected chi connectivity index (χ2v) is 11.2. The molecule has 4 heteroatoms. The standard InChI is InChI=1S/2C17H20O2/c2*1-17(2,14-5-9-16(19)10-6-14)12-11-13-3-7-15(18)8-4-13/h2*3-10,18-19H,11-12H2,1-2H3. The van der Waals surface area contributed by atoms with Crippen LogP contribution in [-0.4, -0.2) is 20.4 Å². The lowest BCUT2D eigenvalue weighted by Crippen LogP contribution is -2.17. The molecule has 4 nitrogen and oxygen atoms in total. The van der Waals surface area contributed by atoms with Crippen LogP contribution in [0.2, 0.25) is 0 Å². The van der Waals surface area contributed by atoms with Gasteiger partial charge in [-0.05, 0) is 107 Å². The molecule has 0 spiro atoms. The van der Waals surface area contributed by atoms with Crippen molar-refractivity contribution in [1.82, 2.24) is 0 Å². The van der Waals surface area contributed by atoms with Crippen molar-refractivity contribution in [2.75, 3.05) is 0 Å². The van der Waals surface area contributed by atoms with E-state index in [9.17, 15) is 20.4 Å². The van der Waals surface area contributed by atoms with Gasteiger partial charge in [-0.2, -0.15) is 0 Å². The van der Waals surface area contributed by atoms with E-state index in [1.807, 2.05) is 48.5 Å². The maximum absolute atomic E-state index is 9.33. The first-order valence-corrected chi connectivity index (χ1v) is 13.1. The Kier molecular flexibility index (Phi) is 9.46. The summed E-state index contributed by atoms with van der Waals surface area (Å²) in [4.78, 5) is 0. The molecule has 38 heavy (non-hydrogen) atoms. The number of hydrogen-bond acceptors (Lipinski definition) is 4. The highest BCUT2D eigenvalue weighted by atomic mass is 16.3. The minimum atomic E-state index is 0.0611. The Hall–Kier alpha value is -3.92. The predicted molar refractivity (Wildman–Crippen MR) is 155 cm³/mol. The van der Waals surface area contributed by atoms with Crippen molar-refractivity contribution in [3.05, 3.63) is 119 Å². The number of phenolic OH excluding ortho intramolecular Hbond substituents is 4. The molecule has 4 rings (SSSR count). The van der Waals surface area contributed by atoms with Gasteiger partial charge in [0.1, 0.15) is 23.0 Å². The highest BCUT2D eigenvalue weighted by Gasteiger charge is 2.21. The molecule has 0 atom stereocenters. The van der Waals surface area contributed by atoms with Crippen LogP contribution in [0.25, 0.3) is 0 Å². The monoisotopic (exact) mass is 512 g/mol. The average Bonchev–Trinajstić information content (AvgIpc) is 2.89. The van der Waals surface area contributed by atoms with E-state index in [1.54, 1.807) is 48.5 Å². The SMILES string of the molecule is CC(C)(CCc1ccc(O)cc1)c1ccc(O)cc1.CC(C)(CCc1ccc(O)cc1)c1ccc(O)cc1. The van der Waals surface area contributed by atoms with Crippen molar-refractivity contribution in [1.29, 1.82) is 0 Å². The van der Waals surface area contributed by atoms with Gasteiger partial charge in [-0.3, -0.25) is 0 Å². The predicted octanol–water partition coefficient (Wildman–Crippen LogP) is 8.02. The summed E-state index contributed by atoms with van der Waals surface area (Å²) in [6.07, 6.45) is 3.97. The van der Waals surface area contributed by atoms with Crippen molar-refractivity contribution in [2.45, 2.75) is 64.2 Å². The van der Waals surface area contributed by atoms with E-state index in [0.717, 1.165) is 25.7 Å². The Labute approximate surface area is 226 Å². The number of rotatable bonds is 8. The summed E-state index contributed by atoms with van der Waals surface area (Å²) in [5.74, 6) is 1.22. The summed E-state index contributed by atoms with van der Waals surface area (Å²) in [5.41, 5.74) is 5.03. The highest BCUT2D eigenvalue weighted by Crippen LogP contribution is 2.31. The Morgan fingerprint density at radius 1 is 0.395 bits per heavy atom. The molecule has 0 bridgehead atoms. The topological polar surface area (TPSA) is 80.9 Å². The summed E-state index contributed by atoms with van der Waals surface area (Å²) in [6, 6.07) is 29.6. The minimum absolute atomic E-state index is 0.0611. The zero-order valence-corrected chi connectivity index (χ0v) is 22.9. The van der Waals surface area contributed by atoms with Gasteiger partial charge < -0.3 is 20.4 Å². The van der Waals surface area contributed by atoms with Crippen molar-refractivity contribution < 1.29 is 20.4 Å². The van der Waals surface area contributed by atoms with Crippen molar-refractivity contribution in [3.8, 4) is 23.0 Å². The van der Waals surface area contributed by atoms with E-state index in [4.69, 9.17) is 0 Å². The molecule has 0 unspecified atom stereocenters. The molecule has 0 heterocycles. The molecule has 0 fully saturated rings. The normalized spacial score (nSPS) is 11.5. The lowest BCUT2D eigenvalue weighted by molar-refractivity contribution is 0.464. The quantitative estimate of drug-likeness (QED) is 0.193. The van der Waals surface area contributed by atoms with Crippen molar-refractivity contribution in [3.63, 3.8) is 0 Å². The van der Waals surface area contributed by atoms with Crippen LogP contribution in [0.15, 0.2) is 97.1 Å². The molecular formula is C34H40O4. The summed E-state index contributed by atoms with van der Waals surface area (Å²) in [7, 11) is 0. The van der Waals surface area contributed by atoms with E-state index in [2.05, 4.69) is 27.7 Å². The van der Waals surface area contributed by atoms with Crippen LogP contribution >= 0.6 is 0 Å². The Morgan fingerprint density at radius 3 is 0.895 bits per heavy atom. The third-order valence-corrected chi connectivity index (χ3v) is 7.25. The average molecular weight is 513 g/mol. The number of phenols is 4. The largest absolute Gasteiger partial charge is 0.508 e. The Balaban J connectivity index is 0.000000211. The third-order valence-electron chi connectivity index (χ3n) is 7.25. The van der Waals surface area contributed by atoms with Gasteiger partial charge in [0, 0.05) is 0 Å². The van der Waals surface area contributed by atoms with Gasteiger partial charge in [0.2, 0.25) is 0 Å². The maximum Gasteiger partial charge on any atom is 0.115 e. The third kappa shape index (κ3) is 8.58. The van der Waals surface area contributed by atoms with Crippen LogP contribution in [0.4, 0.5) is 0 Å². The van der Waals surface area contributed by atoms with E-state index in [0.29, 0.717) is 23.0 Å². The molecule has 0 aliphatic carbocycles. The van der Waals surface area contributed by atoms with Crippen LogP contribution in [0, 0.1) is 0 Å². The van der Waals surface area contributed by atoms with Crippen molar-refractivity contribution >= 4 is 0 Å². The summed E-state index contributed by atoms with van der Waals surface area (Å²) < 4.78 is 0. The van der Waals surface area contributed by atoms with Gasteiger partial charge in [-0.1, -0.05) is 76.2 Å². The first-order valence-electron chi connectivity index (χ1n) is 13.1. The fourth-order valence-corrected chi connectivity index (χ4v) is 4.35. The molecular weight excluding hydrogens is 472 g/mol. The smallest absolute Gasteiger partial charge is 0.115 e. The first-order chi connectivity index (χ1) is 17.9. The zero-order chi connectivity index (χ0) is 27.8. The molecule has 0 aromatic heterocycles. The number of aryl methyl sites for hydroxylation is 2. The minimum Gasteiger partial charge on any atom is -0.508 e. The van der Waals surface area contributed by atoms with E-state index >= 15 is 0 Å². The molecule has 4 N–H and O–H groups in total. The van der Waals surface area contributed by atoms with E-state index in [1.165, 1.54) is 22.3 Å². The van der Waals surface area contributed by atoms with Gasteiger partial charge >= 0.3 is 0 Å². The van der Waals surface area contributed by atoms with Gasteiger partial charge in [0.25, 0.3) is 0 Å². The molecule has 0 aliphatic rings. The summed E-state index contributed by atoms with van der Waals surface area (Å²) in [6.45, 7) is 8.83. The molecule has 0 amide bonds. The van der Waals surface area contributed by atoms with Crippen LogP contribution in [0.3, 0.4) is 0 Å². The lowest BCUT2D eigenvalue weighted by Gasteiger charge is -2.25. The van der Waals surface area contributed by atoms with Crippen LogP contribution in [-0.2, 0) is 23.7 Å². The van der Waals surface area contributed by atoms with E-state index in [-0.39, 0.29) is 10.8 Å². The Bertz CT molecular complexity index is 1150. The van der Waals surface area contributed by atoms with Crippen molar-refractivity contribution in [2.24, 2.45) is 0 Å². The number of benzene rings is 4. The van der Waals surface area contributed by atoms with Crippen LogP contribution in [0.5, 0.6) is 23.0 Å². The highest BCUT2D eigenvalue weighted by molar-refractivity contribution is 5.33. The second kappa shape index (κ2) is 12.6. The summed E-state index contributed by atoms with van der Waals surface area (Å²) >= 11 is 0. The molecule has 0 saturated heterocycles. The van der Waals surface area contributed by atoms with Gasteiger partial charge in [-0.15, -0.1) is 0 Å². The van der Waals surface area contributed by atoms with Gasteiger partial charge in [-0.25, -0.2) is 0 Å². The summed E-state index contributed by atoms with van der Waals surface area (Å²) in [5, 5.41) is 37.2. The fraction of sp³-hybridized carbons (Fsp3) is 0.294. The fourth-order valence-electron chi connectivity index (χ4n) is 4.35. The molecule has 0 saturated carbocycles. The van der Waals surface area contributed by atoms with E-state index < -0.39 is 0 Å². The molecule has 4 aromatic carbocycles. The number of hydrogen-bond donors (Lipinski definition) is 4. The first kappa shape index (κ1) is 28.6. The number of aromatic hydroxyl groups is 4. The molecule has 0 aliphatic heterocycles. The second-order valence-electron chi connectivity index (χ2n) is 11.2. The zero-order valence-electron chi connectivity index (χ0n) is 22.9. The Morgan fingerprint density at radius 2 is 0.632 bits per heavy atom. The van der Waals surface area contributed by atoms with Gasteiger partial charge in [0.15, 0.2) is 0 Å². The van der Waals surface area contributed by atoms with Gasteiger partial charge in [0.05, 0.1) is 0 Å². The molecule has 0 radical (unpaired) electrons. The maximum atomic E-state index is 9.33. The van der Waals surface area contributed by atoms with Crippen LogP contribution in [0.1, 0.15) is 62.8 Å².